The second kappa shape index (κ2) is 7.82. The number of hydroxylamine groups is 2. The molecule has 0 atom stereocenters. The third-order valence-electron chi connectivity index (χ3n) is 5.13. The van der Waals surface area contributed by atoms with Crippen LogP contribution < -0.4 is 0 Å². The predicted molar refractivity (Wildman–Crippen MR) is 114 cm³/mol. The smallest absolute Gasteiger partial charge is 0.350 e. The van der Waals surface area contributed by atoms with Gasteiger partial charge in [0, 0.05) is 23.2 Å². The second-order valence-corrected chi connectivity index (χ2v) is 10.1. The van der Waals surface area contributed by atoms with Crippen LogP contribution in [0.4, 0.5) is 4.79 Å². The fourth-order valence-electron chi connectivity index (χ4n) is 3.36. The standard InChI is InChI=1S/C23H34N2O4/c1-14(2)25(29)21(28)24-10-9-16(20(24)27)11-15-12-17(22(3,4)5)19(26)18(13-15)23(6,7)8/h11-14,26,29H,9-10H2,1-8H3/b16-11-. The normalized spacial score (nSPS) is 16.8. The van der Waals surface area contributed by atoms with Crippen molar-refractivity contribution in [3.05, 3.63) is 34.4 Å². The number of carbonyl (C=O) groups excluding carboxylic acids is 2. The number of aromatic hydroxyl groups is 1. The van der Waals surface area contributed by atoms with Crippen LogP contribution in [0.15, 0.2) is 17.7 Å². The molecule has 0 unspecified atom stereocenters. The zero-order valence-corrected chi connectivity index (χ0v) is 18.8. The lowest BCUT2D eigenvalue weighted by atomic mass is 9.78. The molecular formula is C23H34N2O4. The molecular weight excluding hydrogens is 368 g/mol. The number of urea groups is 1. The van der Waals surface area contributed by atoms with Crippen molar-refractivity contribution in [2.24, 2.45) is 0 Å². The van der Waals surface area contributed by atoms with Gasteiger partial charge in [-0.05, 0) is 54.9 Å². The van der Waals surface area contributed by atoms with Crippen molar-refractivity contribution in [2.75, 3.05) is 6.54 Å². The fraction of sp³-hybridized carbons (Fsp3) is 0.565. The third-order valence-corrected chi connectivity index (χ3v) is 5.13. The minimum Gasteiger partial charge on any atom is -0.507 e. The van der Waals surface area contributed by atoms with Gasteiger partial charge in [0.25, 0.3) is 5.91 Å². The summed E-state index contributed by atoms with van der Waals surface area (Å²) in [5.74, 6) is -0.105. The Morgan fingerprint density at radius 3 is 2.00 bits per heavy atom. The summed E-state index contributed by atoms with van der Waals surface area (Å²) in [5.41, 5.74) is 2.43. The number of amides is 3. The Balaban J connectivity index is 2.47. The van der Waals surface area contributed by atoms with Crippen LogP contribution in [0.25, 0.3) is 6.08 Å². The highest BCUT2D eigenvalue weighted by molar-refractivity contribution is 6.08. The van der Waals surface area contributed by atoms with Gasteiger partial charge in [-0.25, -0.2) is 9.86 Å². The van der Waals surface area contributed by atoms with Crippen molar-refractivity contribution < 1.29 is 19.9 Å². The van der Waals surface area contributed by atoms with Gasteiger partial charge in [0.05, 0.1) is 6.04 Å². The molecule has 1 aliphatic rings. The molecule has 6 nitrogen and oxygen atoms in total. The third kappa shape index (κ3) is 4.81. The first-order valence-corrected chi connectivity index (χ1v) is 10.1. The van der Waals surface area contributed by atoms with Gasteiger partial charge < -0.3 is 5.11 Å². The molecule has 1 saturated heterocycles. The summed E-state index contributed by atoms with van der Waals surface area (Å²) in [6.07, 6.45) is 2.21. The number of hydrogen-bond acceptors (Lipinski definition) is 4. The average Bonchev–Trinajstić information content (AvgIpc) is 2.93. The number of benzene rings is 1. The van der Waals surface area contributed by atoms with Crippen LogP contribution in [0, 0.1) is 0 Å². The van der Waals surface area contributed by atoms with Crippen LogP contribution in [0.2, 0.25) is 0 Å². The van der Waals surface area contributed by atoms with Crippen LogP contribution in [-0.2, 0) is 15.6 Å². The van der Waals surface area contributed by atoms with E-state index in [0.29, 0.717) is 17.1 Å². The van der Waals surface area contributed by atoms with Gasteiger partial charge in [0.15, 0.2) is 0 Å². The Morgan fingerprint density at radius 2 is 1.59 bits per heavy atom. The molecule has 2 rings (SSSR count). The lowest BCUT2D eigenvalue weighted by molar-refractivity contribution is -0.127. The van der Waals surface area contributed by atoms with Crippen LogP contribution in [0.3, 0.4) is 0 Å². The number of carbonyl (C=O) groups is 2. The number of hydrogen-bond donors (Lipinski definition) is 2. The van der Waals surface area contributed by atoms with Crippen LogP contribution in [-0.4, -0.2) is 44.8 Å². The van der Waals surface area contributed by atoms with E-state index in [9.17, 15) is 19.9 Å². The maximum atomic E-state index is 12.8. The second-order valence-electron chi connectivity index (χ2n) is 10.1. The van der Waals surface area contributed by atoms with Crippen LogP contribution >= 0.6 is 0 Å². The largest absolute Gasteiger partial charge is 0.507 e. The summed E-state index contributed by atoms with van der Waals surface area (Å²) in [7, 11) is 0. The van der Waals surface area contributed by atoms with E-state index < -0.39 is 18.0 Å². The van der Waals surface area contributed by atoms with Crippen LogP contribution in [0.1, 0.15) is 78.5 Å². The van der Waals surface area contributed by atoms with Crippen molar-refractivity contribution in [1.82, 2.24) is 9.96 Å². The molecule has 1 aliphatic heterocycles. The molecule has 1 aromatic rings. The topological polar surface area (TPSA) is 81.1 Å². The Kier molecular flexibility index (Phi) is 6.19. The van der Waals surface area contributed by atoms with Crippen molar-refractivity contribution in [2.45, 2.75) is 78.7 Å². The minimum atomic E-state index is -0.704. The summed E-state index contributed by atoms with van der Waals surface area (Å²) in [6, 6.07) is 2.69. The van der Waals surface area contributed by atoms with Crippen molar-refractivity contribution in [3.8, 4) is 5.75 Å². The molecule has 0 aromatic heterocycles. The first-order chi connectivity index (χ1) is 13.1. The molecule has 0 radical (unpaired) electrons. The minimum absolute atomic E-state index is 0.240. The number of likely N-dealkylation sites (tertiary alicyclic amines) is 1. The van der Waals surface area contributed by atoms with E-state index in [0.717, 1.165) is 21.6 Å². The highest BCUT2D eigenvalue weighted by atomic mass is 16.5. The maximum Gasteiger partial charge on any atom is 0.350 e. The number of phenols is 1. The monoisotopic (exact) mass is 402 g/mol. The molecule has 2 N–H and O–H groups in total. The molecule has 0 spiro atoms. The van der Waals surface area contributed by atoms with Gasteiger partial charge in [-0.3, -0.25) is 14.9 Å². The molecule has 0 aliphatic carbocycles. The van der Waals surface area contributed by atoms with E-state index >= 15 is 0 Å². The summed E-state index contributed by atoms with van der Waals surface area (Å²) in [5, 5.41) is 21.3. The molecule has 3 amide bonds. The van der Waals surface area contributed by atoms with Gasteiger partial charge >= 0.3 is 6.03 Å². The van der Waals surface area contributed by atoms with Crippen LogP contribution in [0.5, 0.6) is 5.75 Å². The summed E-state index contributed by atoms with van der Waals surface area (Å²) in [6.45, 7) is 15.8. The molecule has 29 heavy (non-hydrogen) atoms. The van der Waals surface area contributed by atoms with E-state index in [2.05, 4.69) is 0 Å². The van der Waals surface area contributed by atoms with Crippen molar-refractivity contribution in [3.63, 3.8) is 0 Å². The number of nitrogens with zero attached hydrogens (tertiary/aromatic N) is 2. The Bertz CT molecular complexity index is 806. The highest BCUT2D eigenvalue weighted by Gasteiger charge is 2.34. The summed E-state index contributed by atoms with van der Waals surface area (Å²) in [4.78, 5) is 26.2. The lowest BCUT2D eigenvalue weighted by Gasteiger charge is -2.28. The number of rotatable bonds is 2. The molecule has 1 aromatic carbocycles. The highest BCUT2D eigenvalue weighted by Crippen LogP contribution is 2.40. The average molecular weight is 403 g/mol. The zero-order chi connectivity index (χ0) is 22.3. The maximum absolute atomic E-state index is 12.8. The van der Waals surface area contributed by atoms with Crippen molar-refractivity contribution in [1.29, 1.82) is 0 Å². The number of imide groups is 1. The SMILES string of the molecule is CC(C)N(O)C(=O)N1CC/C(=C/c2cc(C(C)(C)C)c(O)c(C(C)(C)C)c2)C1=O. The Morgan fingerprint density at radius 1 is 1.10 bits per heavy atom. The lowest BCUT2D eigenvalue weighted by Crippen LogP contribution is -2.45. The first-order valence-electron chi connectivity index (χ1n) is 10.1. The summed E-state index contributed by atoms with van der Waals surface area (Å²) >= 11 is 0. The van der Waals surface area contributed by atoms with Gasteiger partial charge in [-0.15, -0.1) is 0 Å². The zero-order valence-electron chi connectivity index (χ0n) is 18.8. The van der Waals surface area contributed by atoms with E-state index in [-0.39, 0.29) is 23.1 Å². The molecule has 6 heteroatoms. The Labute approximate surface area is 173 Å². The van der Waals surface area contributed by atoms with Gasteiger partial charge in [0.2, 0.25) is 0 Å². The summed E-state index contributed by atoms with van der Waals surface area (Å²) < 4.78 is 0. The number of phenolic OH excluding ortho intramolecular Hbond substituents is 1. The van der Waals surface area contributed by atoms with Gasteiger partial charge in [-0.2, -0.15) is 0 Å². The Hall–Kier alpha value is -2.34. The van der Waals surface area contributed by atoms with E-state index in [1.807, 2.05) is 53.7 Å². The first kappa shape index (κ1) is 22.9. The molecule has 160 valence electrons. The van der Waals surface area contributed by atoms with E-state index in [1.165, 1.54) is 0 Å². The fourth-order valence-corrected chi connectivity index (χ4v) is 3.36. The molecule has 1 heterocycles. The van der Waals surface area contributed by atoms with Gasteiger partial charge in [0.1, 0.15) is 5.75 Å². The predicted octanol–water partition coefficient (Wildman–Crippen LogP) is 4.82. The molecule has 0 bridgehead atoms. The van der Waals surface area contributed by atoms with Gasteiger partial charge in [-0.1, -0.05) is 41.5 Å². The molecule has 0 saturated carbocycles. The van der Waals surface area contributed by atoms with E-state index in [4.69, 9.17) is 0 Å². The van der Waals surface area contributed by atoms with E-state index in [1.54, 1.807) is 19.9 Å². The molecule has 1 fully saturated rings. The van der Waals surface area contributed by atoms with Crippen molar-refractivity contribution >= 4 is 18.0 Å². The quantitative estimate of drug-likeness (QED) is 0.422.